The molecule has 4 rings (SSSR count). The lowest BCUT2D eigenvalue weighted by atomic mass is 9.94. The van der Waals surface area contributed by atoms with E-state index in [1.807, 2.05) is 0 Å². The van der Waals surface area contributed by atoms with Gasteiger partial charge in [-0.05, 0) is 45.9 Å². The first-order chi connectivity index (χ1) is 11.4. The average molecular weight is 294 g/mol. The van der Waals surface area contributed by atoms with Crippen molar-refractivity contribution in [3.63, 3.8) is 0 Å². The fourth-order valence-electron chi connectivity index (χ4n) is 3.17. The van der Waals surface area contributed by atoms with E-state index in [9.17, 15) is 0 Å². The second kappa shape index (κ2) is 6.10. The summed E-state index contributed by atoms with van der Waals surface area (Å²) in [6.07, 6.45) is 5.69. The van der Waals surface area contributed by atoms with Crippen molar-refractivity contribution >= 4 is 11.1 Å². The van der Waals surface area contributed by atoms with Crippen LogP contribution in [0, 0.1) is 0 Å². The van der Waals surface area contributed by atoms with Crippen LogP contribution in [0.4, 0.5) is 0 Å². The van der Waals surface area contributed by atoms with Crippen molar-refractivity contribution in [3.8, 4) is 0 Å². The van der Waals surface area contributed by atoms with Crippen molar-refractivity contribution in [1.82, 2.24) is 0 Å². The summed E-state index contributed by atoms with van der Waals surface area (Å²) in [4.78, 5) is 0. The molecule has 0 fully saturated rings. The van der Waals surface area contributed by atoms with Gasteiger partial charge in [0.2, 0.25) is 0 Å². The molecule has 0 atom stereocenters. The lowest BCUT2D eigenvalue weighted by Gasteiger charge is -2.10. The van der Waals surface area contributed by atoms with E-state index in [0.717, 1.165) is 6.42 Å². The predicted octanol–water partition coefficient (Wildman–Crippen LogP) is 5.76. The summed E-state index contributed by atoms with van der Waals surface area (Å²) >= 11 is 0. The molecule has 3 aromatic rings. The molecule has 0 aromatic heterocycles. The van der Waals surface area contributed by atoms with Gasteiger partial charge in [-0.1, -0.05) is 91.0 Å². The molecule has 0 unspecified atom stereocenters. The van der Waals surface area contributed by atoms with Gasteiger partial charge in [0.05, 0.1) is 0 Å². The minimum atomic E-state index is 1.03. The van der Waals surface area contributed by atoms with Crippen LogP contribution in [-0.4, -0.2) is 0 Å². The van der Waals surface area contributed by atoms with Crippen LogP contribution in [0.25, 0.3) is 11.1 Å². The van der Waals surface area contributed by atoms with E-state index in [2.05, 4.69) is 97.1 Å². The topological polar surface area (TPSA) is 0 Å². The molecular weight excluding hydrogens is 276 g/mol. The lowest BCUT2D eigenvalue weighted by Crippen LogP contribution is -1.89. The fraction of sp³-hybridized carbons (Fsp3) is 0.0435. The number of rotatable bonds is 3. The summed E-state index contributed by atoms with van der Waals surface area (Å²) in [5.41, 5.74) is 7.88. The Kier molecular flexibility index (Phi) is 3.65. The third-order valence-electron chi connectivity index (χ3n) is 4.34. The maximum atomic E-state index is 2.33. The Balaban J connectivity index is 1.84. The highest BCUT2D eigenvalue weighted by Gasteiger charge is 2.13. The van der Waals surface area contributed by atoms with Crippen molar-refractivity contribution in [2.75, 3.05) is 0 Å². The van der Waals surface area contributed by atoms with Crippen LogP contribution >= 0.6 is 0 Å². The van der Waals surface area contributed by atoms with Gasteiger partial charge in [0.25, 0.3) is 0 Å². The van der Waals surface area contributed by atoms with Gasteiger partial charge in [-0.15, -0.1) is 0 Å². The largest absolute Gasteiger partial charge is 0.0722 e. The van der Waals surface area contributed by atoms with E-state index in [0.29, 0.717) is 0 Å². The highest BCUT2D eigenvalue weighted by Crippen LogP contribution is 2.33. The number of benzene rings is 3. The molecule has 0 heterocycles. The van der Waals surface area contributed by atoms with Gasteiger partial charge in [-0.2, -0.15) is 0 Å². The molecule has 0 saturated carbocycles. The first-order valence-corrected chi connectivity index (χ1v) is 8.03. The smallest absolute Gasteiger partial charge is 0.00821 e. The predicted molar refractivity (Wildman–Crippen MR) is 98.1 cm³/mol. The van der Waals surface area contributed by atoms with Crippen LogP contribution in [0.1, 0.15) is 22.3 Å². The molecule has 0 heteroatoms. The molecule has 0 saturated heterocycles. The van der Waals surface area contributed by atoms with E-state index in [4.69, 9.17) is 0 Å². The number of hydrogen-bond donors (Lipinski definition) is 0. The molecular formula is C23H18. The molecule has 3 aromatic carbocycles. The van der Waals surface area contributed by atoms with Crippen molar-refractivity contribution in [3.05, 3.63) is 119 Å². The number of allylic oxidation sites excluding steroid dienone is 3. The first kappa shape index (κ1) is 13.8. The quantitative estimate of drug-likeness (QED) is 0.576. The Hall–Kier alpha value is -2.86. The third-order valence-corrected chi connectivity index (χ3v) is 4.34. The monoisotopic (exact) mass is 294 g/mol. The Labute approximate surface area is 137 Å². The van der Waals surface area contributed by atoms with Crippen LogP contribution in [0.5, 0.6) is 0 Å². The zero-order chi connectivity index (χ0) is 15.5. The van der Waals surface area contributed by atoms with Crippen LogP contribution < -0.4 is 0 Å². The van der Waals surface area contributed by atoms with Crippen molar-refractivity contribution in [2.45, 2.75) is 6.42 Å². The minimum Gasteiger partial charge on any atom is -0.0722 e. The number of fused-ring (bicyclic) bond motifs is 1. The zero-order valence-corrected chi connectivity index (χ0v) is 12.9. The molecule has 0 spiro atoms. The molecule has 0 amide bonds. The van der Waals surface area contributed by atoms with Gasteiger partial charge in [0.1, 0.15) is 0 Å². The first-order valence-electron chi connectivity index (χ1n) is 8.03. The van der Waals surface area contributed by atoms with E-state index in [1.165, 1.54) is 33.4 Å². The van der Waals surface area contributed by atoms with Gasteiger partial charge >= 0.3 is 0 Å². The van der Waals surface area contributed by atoms with Crippen molar-refractivity contribution in [2.24, 2.45) is 0 Å². The van der Waals surface area contributed by atoms with Gasteiger partial charge in [-0.3, -0.25) is 0 Å². The lowest BCUT2D eigenvalue weighted by molar-refractivity contribution is 1.31. The van der Waals surface area contributed by atoms with E-state index in [1.54, 1.807) is 0 Å². The Morgan fingerprint density at radius 3 is 1.87 bits per heavy atom. The molecule has 0 bridgehead atoms. The summed E-state index contributed by atoms with van der Waals surface area (Å²) in [5.74, 6) is 0. The molecule has 0 nitrogen and oxygen atoms in total. The SMILES string of the molecule is C(=C(c1ccccc1)c1ccccc1)C1=CCc2ccccc21. The second-order valence-electron chi connectivity index (χ2n) is 5.81. The van der Waals surface area contributed by atoms with E-state index in [-0.39, 0.29) is 0 Å². The van der Waals surface area contributed by atoms with Gasteiger partial charge in [-0.25, -0.2) is 0 Å². The fourth-order valence-corrected chi connectivity index (χ4v) is 3.17. The second-order valence-corrected chi connectivity index (χ2v) is 5.81. The summed E-state index contributed by atoms with van der Waals surface area (Å²) in [6.45, 7) is 0. The molecule has 1 aliphatic carbocycles. The van der Waals surface area contributed by atoms with E-state index >= 15 is 0 Å². The molecule has 0 N–H and O–H groups in total. The minimum absolute atomic E-state index is 1.03. The maximum Gasteiger partial charge on any atom is -0.00821 e. The molecule has 1 aliphatic rings. The zero-order valence-electron chi connectivity index (χ0n) is 12.9. The summed E-state index contributed by atoms with van der Waals surface area (Å²) < 4.78 is 0. The Bertz CT molecular complexity index is 827. The normalized spacial score (nSPS) is 12.4. The Morgan fingerprint density at radius 1 is 0.652 bits per heavy atom. The maximum absolute atomic E-state index is 2.33. The summed E-state index contributed by atoms with van der Waals surface area (Å²) in [5, 5.41) is 0. The average Bonchev–Trinajstić information content (AvgIpc) is 3.04. The van der Waals surface area contributed by atoms with Gasteiger partial charge < -0.3 is 0 Å². The van der Waals surface area contributed by atoms with Crippen LogP contribution in [0.2, 0.25) is 0 Å². The number of hydrogen-bond acceptors (Lipinski definition) is 0. The van der Waals surface area contributed by atoms with E-state index < -0.39 is 0 Å². The highest BCUT2D eigenvalue weighted by molar-refractivity contribution is 5.92. The van der Waals surface area contributed by atoms with Crippen molar-refractivity contribution in [1.29, 1.82) is 0 Å². The van der Waals surface area contributed by atoms with Crippen LogP contribution in [0.3, 0.4) is 0 Å². The Morgan fingerprint density at radius 2 is 1.22 bits per heavy atom. The van der Waals surface area contributed by atoms with Gasteiger partial charge in [0, 0.05) is 0 Å². The third kappa shape index (κ3) is 2.76. The summed E-state index contributed by atoms with van der Waals surface area (Å²) in [6, 6.07) is 29.9. The molecule has 0 radical (unpaired) electrons. The summed E-state index contributed by atoms with van der Waals surface area (Å²) in [7, 11) is 0. The van der Waals surface area contributed by atoms with Crippen molar-refractivity contribution < 1.29 is 0 Å². The van der Waals surface area contributed by atoms with Gasteiger partial charge in [0.15, 0.2) is 0 Å². The highest BCUT2D eigenvalue weighted by atomic mass is 14.2. The molecule has 23 heavy (non-hydrogen) atoms. The standard InChI is InChI=1S/C23H18/c1-3-9-18(10-4-1)23(19-11-5-2-6-12-19)17-21-16-15-20-13-7-8-14-22(20)21/h1-14,16-17H,15H2. The van der Waals surface area contributed by atoms with Crippen LogP contribution in [-0.2, 0) is 6.42 Å². The van der Waals surface area contributed by atoms with Crippen LogP contribution in [0.15, 0.2) is 97.1 Å². The molecule has 110 valence electrons. The molecule has 0 aliphatic heterocycles.